The van der Waals surface area contributed by atoms with E-state index >= 15 is 0 Å². The third kappa shape index (κ3) is 1.84. The van der Waals surface area contributed by atoms with Crippen molar-refractivity contribution in [3.63, 3.8) is 0 Å². The molecule has 0 amide bonds. The second-order valence-electron chi connectivity index (χ2n) is 4.84. The Hall–Kier alpha value is -0.620. The number of sulfone groups is 1. The normalized spacial score (nSPS) is 32.0. The SMILES string of the molecule is COC(=O)C1(C(N)C2CCS(=O)(=O)C2)CC1. The Labute approximate surface area is 95.3 Å². The van der Waals surface area contributed by atoms with Crippen molar-refractivity contribution in [2.75, 3.05) is 18.6 Å². The van der Waals surface area contributed by atoms with Gasteiger partial charge in [-0.1, -0.05) is 0 Å². The monoisotopic (exact) mass is 247 g/mol. The Morgan fingerprint density at radius 3 is 2.50 bits per heavy atom. The summed E-state index contributed by atoms with van der Waals surface area (Å²) in [6, 6.07) is -0.378. The van der Waals surface area contributed by atoms with Gasteiger partial charge >= 0.3 is 5.97 Å². The smallest absolute Gasteiger partial charge is 0.313 e. The molecule has 2 rings (SSSR count). The second kappa shape index (κ2) is 3.70. The molecule has 2 unspecified atom stereocenters. The zero-order valence-corrected chi connectivity index (χ0v) is 10.1. The maximum absolute atomic E-state index is 11.6. The van der Waals surface area contributed by atoms with E-state index in [2.05, 4.69) is 0 Å². The van der Waals surface area contributed by atoms with Crippen LogP contribution >= 0.6 is 0 Å². The quantitative estimate of drug-likeness (QED) is 0.692. The molecular weight excluding hydrogens is 230 g/mol. The third-order valence-electron chi connectivity index (χ3n) is 3.79. The number of ether oxygens (including phenoxy) is 1. The standard InChI is InChI=1S/C10H17NO4S/c1-15-9(12)10(3-4-10)8(11)7-2-5-16(13,14)6-7/h7-8H,2-6,11H2,1H3. The first-order chi connectivity index (χ1) is 7.41. The minimum Gasteiger partial charge on any atom is -0.469 e. The Bertz CT molecular complexity index is 399. The Kier molecular flexibility index (Phi) is 2.74. The molecule has 0 aromatic rings. The third-order valence-corrected chi connectivity index (χ3v) is 5.59. The van der Waals surface area contributed by atoms with Gasteiger partial charge < -0.3 is 10.5 Å². The predicted molar refractivity (Wildman–Crippen MR) is 58.4 cm³/mol. The Morgan fingerprint density at radius 2 is 2.12 bits per heavy atom. The van der Waals surface area contributed by atoms with Gasteiger partial charge in [0, 0.05) is 6.04 Å². The number of carbonyl (C=O) groups is 1. The van der Waals surface area contributed by atoms with Gasteiger partial charge in [-0.15, -0.1) is 0 Å². The van der Waals surface area contributed by atoms with Crippen molar-refractivity contribution in [3.05, 3.63) is 0 Å². The summed E-state index contributed by atoms with van der Waals surface area (Å²) in [6.07, 6.45) is 2.01. The number of methoxy groups -OCH3 is 1. The maximum Gasteiger partial charge on any atom is 0.313 e. The number of hydrogen-bond acceptors (Lipinski definition) is 5. The fraction of sp³-hybridized carbons (Fsp3) is 0.900. The van der Waals surface area contributed by atoms with Gasteiger partial charge in [0.2, 0.25) is 0 Å². The molecule has 1 saturated heterocycles. The van der Waals surface area contributed by atoms with Crippen LogP contribution in [0.2, 0.25) is 0 Å². The number of hydrogen-bond donors (Lipinski definition) is 1. The highest BCUT2D eigenvalue weighted by Gasteiger charge is 2.58. The average molecular weight is 247 g/mol. The van der Waals surface area contributed by atoms with E-state index in [1.165, 1.54) is 7.11 Å². The summed E-state index contributed by atoms with van der Waals surface area (Å²) >= 11 is 0. The molecule has 1 aliphatic carbocycles. The predicted octanol–water partition coefficient (Wildman–Crippen LogP) is -0.298. The molecule has 1 heterocycles. The molecule has 2 atom stereocenters. The van der Waals surface area contributed by atoms with E-state index in [-0.39, 0.29) is 29.4 Å². The largest absolute Gasteiger partial charge is 0.469 e. The van der Waals surface area contributed by atoms with E-state index < -0.39 is 15.3 Å². The summed E-state index contributed by atoms with van der Waals surface area (Å²) in [4.78, 5) is 11.6. The topological polar surface area (TPSA) is 86.5 Å². The molecule has 92 valence electrons. The highest BCUT2D eigenvalue weighted by Crippen LogP contribution is 2.52. The zero-order chi connectivity index (χ0) is 12.0. The molecule has 2 fully saturated rings. The van der Waals surface area contributed by atoms with Crippen molar-refractivity contribution in [2.45, 2.75) is 25.3 Å². The van der Waals surface area contributed by atoms with Crippen LogP contribution in [0.5, 0.6) is 0 Å². The summed E-state index contributed by atoms with van der Waals surface area (Å²) in [7, 11) is -1.59. The van der Waals surface area contributed by atoms with Gasteiger partial charge in [0.25, 0.3) is 0 Å². The van der Waals surface area contributed by atoms with E-state index in [0.717, 1.165) is 12.8 Å². The van der Waals surface area contributed by atoms with Crippen LogP contribution in [0, 0.1) is 11.3 Å². The lowest BCUT2D eigenvalue weighted by Gasteiger charge is -2.25. The van der Waals surface area contributed by atoms with Crippen molar-refractivity contribution in [3.8, 4) is 0 Å². The maximum atomic E-state index is 11.6. The average Bonchev–Trinajstić information content (AvgIpc) is 2.96. The summed E-state index contributed by atoms with van der Waals surface area (Å²) < 4.78 is 27.5. The molecule has 5 nitrogen and oxygen atoms in total. The van der Waals surface area contributed by atoms with Gasteiger partial charge in [-0.3, -0.25) is 4.79 Å². The Morgan fingerprint density at radius 1 is 1.50 bits per heavy atom. The first-order valence-corrected chi connectivity index (χ1v) is 7.28. The van der Waals surface area contributed by atoms with Crippen LogP contribution in [0.4, 0.5) is 0 Å². The van der Waals surface area contributed by atoms with Gasteiger partial charge in [-0.05, 0) is 25.2 Å². The van der Waals surface area contributed by atoms with Gasteiger partial charge in [0.05, 0.1) is 24.0 Å². The fourth-order valence-corrected chi connectivity index (χ4v) is 4.42. The first-order valence-electron chi connectivity index (χ1n) is 5.46. The van der Waals surface area contributed by atoms with Crippen molar-refractivity contribution < 1.29 is 17.9 Å². The number of esters is 1. The van der Waals surface area contributed by atoms with Crippen LogP contribution in [0.3, 0.4) is 0 Å². The van der Waals surface area contributed by atoms with Gasteiger partial charge in [-0.2, -0.15) is 0 Å². The van der Waals surface area contributed by atoms with Gasteiger partial charge in [-0.25, -0.2) is 8.42 Å². The van der Waals surface area contributed by atoms with Crippen LogP contribution in [0.1, 0.15) is 19.3 Å². The second-order valence-corrected chi connectivity index (χ2v) is 7.07. The first kappa shape index (κ1) is 11.9. The van der Waals surface area contributed by atoms with E-state index in [1.54, 1.807) is 0 Å². The summed E-state index contributed by atoms with van der Waals surface area (Å²) in [5.74, 6) is -0.0638. The van der Waals surface area contributed by atoms with Crippen LogP contribution in [0.15, 0.2) is 0 Å². The molecular formula is C10H17NO4S. The number of carbonyl (C=O) groups excluding carboxylic acids is 1. The number of nitrogens with two attached hydrogens (primary N) is 1. The molecule has 1 aliphatic heterocycles. The van der Waals surface area contributed by atoms with Crippen molar-refractivity contribution >= 4 is 15.8 Å². The molecule has 2 aliphatic rings. The van der Waals surface area contributed by atoms with Crippen LogP contribution in [-0.4, -0.2) is 39.0 Å². The van der Waals surface area contributed by atoms with Crippen molar-refractivity contribution in [2.24, 2.45) is 17.1 Å². The van der Waals surface area contributed by atoms with E-state index in [4.69, 9.17) is 10.5 Å². The highest BCUT2D eigenvalue weighted by molar-refractivity contribution is 7.91. The molecule has 2 N–H and O–H groups in total. The van der Waals surface area contributed by atoms with E-state index in [9.17, 15) is 13.2 Å². The minimum atomic E-state index is -2.94. The van der Waals surface area contributed by atoms with E-state index in [0.29, 0.717) is 6.42 Å². The van der Waals surface area contributed by atoms with Gasteiger partial charge in [0.15, 0.2) is 9.84 Å². The van der Waals surface area contributed by atoms with Crippen LogP contribution < -0.4 is 5.73 Å². The zero-order valence-electron chi connectivity index (χ0n) is 9.31. The van der Waals surface area contributed by atoms with Crippen LogP contribution in [-0.2, 0) is 19.4 Å². The van der Waals surface area contributed by atoms with Crippen molar-refractivity contribution in [1.29, 1.82) is 0 Å². The van der Waals surface area contributed by atoms with Crippen LogP contribution in [0.25, 0.3) is 0 Å². The molecule has 0 aromatic carbocycles. The molecule has 0 radical (unpaired) electrons. The summed E-state index contributed by atoms with van der Waals surface area (Å²) in [5, 5.41) is 0. The molecule has 1 saturated carbocycles. The molecule has 0 bridgehead atoms. The van der Waals surface area contributed by atoms with E-state index in [1.807, 2.05) is 0 Å². The lowest BCUT2D eigenvalue weighted by Crippen LogP contribution is -2.44. The minimum absolute atomic E-state index is 0.0911. The lowest BCUT2D eigenvalue weighted by molar-refractivity contribution is -0.148. The highest BCUT2D eigenvalue weighted by atomic mass is 32.2. The molecule has 6 heteroatoms. The summed E-state index contributed by atoms with van der Waals surface area (Å²) in [5.41, 5.74) is 5.45. The lowest BCUT2D eigenvalue weighted by atomic mass is 9.86. The van der Waals surface area contributed by atoms with Crippen molar-refractivity contribution in [1.82, 2.24) is 0 Å². The molecule has 0 spiro atoms. The molecule has 0 aromatic heterocycles. The number of rotatable bonds is 3. The van der Waals surface area contributed by atoms with Gasteiger partial charge in [0.1, 0.15) is 0 Å². The fourth-order valence-electron chi connectivity index (χ4n) is 2.57. The molecule has 16 heavy (non-hydrogen) atoms. The summed E-state index contributed by atoms with van der Waals surface area (Å²) in [6.45, 7) is 0. The Balaban J connectivity index is 2.09.